The van der Waals surface area contributed by atoms with Gasteiger partial charge in [-0.15, -0.1) is 0 Å². The number of nitrogens with one attached hydrogen (secondary N) is 1. The number of para-hydroxylation sites is 1. The monoisotopic (exact) mass is 368 g/mol. The number of anilines is 2. The van der Waals surface area contributed by atoms with E-state index >= 15 is 0 Å². The van der Waals surface area contributed by atoms with Crippen molar-refractivity contribution in [1.82, 2.24) is 0 Å². The highest BCUT2D eigenvalue weighted by Gasteiger charge is 2.21. The molecule has 1 amide bonds. The smallest absolute Gasteiger partial charge is 0.342 e. The molecule has 1 saturated heterocycles. The van der Waals surface area contributed by atoms with Gasteiger partial charge in [0.2, 0.25) is 0 Å². The van der Waals surface area contributed by atoms with Crippen LogP contribution in [0.2, 0.25) is 0 Å². The quantitative estimate of drug-likeness (QED) is 0.789. The van der Waals surface area contributed by atoms with Crippen LogP contribution in [0, 0.1) is 0 Å². The summed E-state index contributed by atoms with van der Waals surface area (Å²) < 4.78 is 5.15. The largest absolute Gasteiger partial charge is 0.507 e. The highest BCUT2D eigenvalue weighted by Crippen LogP contribution is 2.22. The third-order valence-electron chi connectivity index (χ3n) is 4.63. The Morgan fingerprint density at radius 2 is 1.70 bits per heavy atom. The molecule has 1 fully saturated rings. The standard InChI is InChI=1S/C21H24N2O4/c1-15(27-21(26)18-7-3-4-8-19(18)24)20(25)22-16-9-11-17(12-10-16)23-13-5-2-6-14-23/h3-4,7-12,15,24H,2,5-6,13-14H2,1H3,(H,22,25)/t15-/m1/s1. The second-order valence-corrected chi connectivity index (χ2v) is 6.65. The molecule has 1 aliphatic rings. The second-order valence-electron chi connectivity index (χ2n) is 6.65. The van der Waals surface area contributed by atoms with Crippen molar-refractivity contribution in [3.8, 4) is 5.75 Å². The number of ether oxygens (including phenoxy) is 1. The van der Waals surface area contributed by atoms with E-state index in [1.165, 1.54) is 38.3 Å². The lowest BCUT2D eigenvalue weighted by Gasteiger charge is -2.28. The van der Waals surface area contributed by atoms with Gasteiger partial charge in [-0.25, -0.2) is 4.79 Å². The van der Waals surface area contributed by atoms with Crippen LogP contribution in [0.25, 0.3) is 0 Å². The lowest BCUT2D eigenvalue weighted by molar-refractivity contribution is -0.123. The maximum atomic E-state index is 12.3. The Labute approximate surface area is 158 Å². The second kappa shape index (κ2) is 8.58. The lowest BCUT2D eigenvalue weighted by Crippen LogP contribution is -2.30. The van der Waals surface area contributed by atoms with Crippen LogP contribution in [0.3, 0.4) is 0 Å². The molecular weight excluding hydrogens is 344 g/mol. The number of benzene rings is 2. The van der Waals surface area contributed by atoms with Crippen LogP contribution in [0.4, 0.5) is 11.4 Å². The Morgan fingerprint density at radius 3 is 2.37 bits per heavy atom. The van der Waals surface area contributed by atoms with E-state index in [2.05, 4.69) is 10.2 Å². The fourth-order valence-electron chi connectivity index (χ4n) is 3.08. The van der Waals surface area contributed by atoms with Gasteiger partial charge in [0.1, 0.15) is 11.3 Å². The third kappa shape index (κ3) is 4.78. The number of nitrogens with zero attached hydrogens (tertiary/aromatic N) is 1. The maximum absolute atomic E-state index is 12.3. The minimum atomic E-state index is -0.987. The molecule has 0 saturated carbocycles. The zero-order valence-corrected chi connectivity index (χ0v) is 15.4. The van der Waals surface area contributed by atoms with E-state index in [4.69, 9.17) is 4.74 Å². The van der Waals surface area contributed by atoms with Crippen LogP contribution in [0.5, 0.6) is 5.75 Å². The summed E-state index contributed by atoms with van der Waals surface area (Å²) in [6.07, 6.45) is 2.71. The summed E-state index contributed by atoms with van der Waals surface area (Å²) in [5.74, 6) is -1.34. The number of piperidine rings is 1. The van der Waals surface area contributed by atoms with Gasteiger partial charge >= 0.3 is 5.97 Å². The Balaban J connectivity index is 1.56. The predicted molar refractivity (Wildman–Crippen MR) is 104 cm³/mol. The topological polar surface area (TPSA) is 78.9 Å². The van der Waals surface area contributed by atoms with Crippen molar-refractivity contribution in [1.29, 1.82) is 0 Å². The molecular formula is C21H24N2O4. The molecule has 27 heavy (non-hydrogen) atoms. The number of hydrogen-bond donors (Lipinski definition) is 2. The fourth-order valence-corrected chi connectivity index (χ4v) is 3.08. The molecule has 142 valence electrons. The number of amides is 1. The van der Waals surface area contributed by atoms with E-state index in [9.17, 15) is 14.7 Å². The molecule has 6 nitrogen and oxygen atoms in total. The maximum Gasteiger partial charge on any atom is 0.342 e. The average molecular weight is 368 g/mol. The van der Waals surface area contributed by atoms with E-state index in [0.29, 0.717) is 5.69 Å². The van der Waals surface area contributed by atoms with Crippen molar-refractivity contribution < 1.29 is 19.4 Å². The van der Waals surface area contributed by atoms with Crippen LogP contribution in [-0.4, -0.2) is 36.2 Å². The molecule has 3 rings (SSSR count). The first-order valence-corrected chi connectivity index (χ1v) is 9.19. The summed E-state index contributed by atoms with van der Waals surface area (Å²) in [6.45, 7) is 3.62. The number of aromatic hydroxyl groups is 1. The molecule has 1 atom stereocenters. The molecule has 2 N–H and O–H groups in total. The van der Waals surface area contributed by atoms with Crippen LogP contribution in [0.1, 0.15) is 36.5 Å². The summed E-state index contributed by atoms with van der Waals surface area (Å²) in [6, 6.07) is 13.7. The summed E-state index contributed by atoms with van der Waals surface area (Å²) in [4.78, 5) is 26.7. The minimum Gasteiger partial charge on any atom is -0.507 e. The highest BCUT2D eigenvalue weighted by molar-refractivity contribution is 5.98. The number of rotatable bonds is 5. The Kier molecular flexibility index (Phi) is 5.96. The molecule has 1 aliphatic heterocycles. The SMILES string of the molecule is C[C@@H](OC(=O)c1ccccc1O)C(=O)Nc1ccc(N2CCCCC2)cc1. The normalized spacial score (nSPS) is 15.1. The summed E-state index contributed by atoms with van der Waals surface area (Å²) in [7, 11) is 0. The molecule has 0 aliphatic carbocycles. The van der Waals surface area contributed by atoms with Gasteiger partial charge in [0.15, 0.2) is 6.10 Å². The lowest BCUT2D eigenvalue weighted by atomic mass is 10.1. The molecule has 0 bridgehead atoms. The van der Waals surface area contributed by atoms with Gasteiger partial charge in [-0.1, -0.05) is 12.1 Å². The third-order valence-corrected chi connectivity index (χ3v) is 4.63. The first-order valence-electron chi connectivity index (χ1n) is 9.19. The number of phenolic OH excluding ortho intramolecular Hbond substituents is 1. The zero-order chi connectivity index (χ0) is 19.2. The van der Waals surface area contributed by atoms with Crippen molar-refractivity contribution in [2.24, 2.45) is 0 Å². The molecule has 0 aromatic heterocycles. The van der Waals surface area contributed by atoms with Crippen molar-refractivity contribution in [3.05, 3.63) is 54.1 Å². The van der Waals surface area contributed by atoms with Crippen molar-refractivity contribution in [3.63, 3.8) is 0 Å². The minimum absolute atomic E-state index is 0.0306. The van der Waals surface area contributed by atoms with Gasteiger partial charge in [0.25, 0.3) is 5.91 Å². The fraction of sp³-hybridized carbons (Fsp3) is 0.333. The number of esters is 1. The predicted octanol–water partition coefficient (Wildman–Crippen LogP) is 3.57. The van der Waals surface area contributed by atoms with Crippen molar-refractivity contribution in [2.45, 2.75) is 32.3 Å². The van der Waals surface area contributed by atoms with E-state index < -0.39 is 18.0 Å². The number of carbonyl (C=O) groups is 2. The summed E-state index contributed by atoms with van der Waals surface area (Å²) >= 11 is 0. The van der Waals surface area contributed by atoms with Gasteiger partial charge in [-0.3, -0.25) is 4.79 Å². The Bertz CT molecular complexity index is 798. The zero-order valence-electron chi connectivity index (χ0n) is 15.4. The average Bonchev–Trinajstić information content (AvgIpc) is 2.69. The van der Waals surface area contributed by atoms with Gasteiger partial charge in [-0.2, -0.15) is 0 Å². The van der Waals surface area contributed by atoms with Crippen LogP contribution < -0.4 is 10.2 Å². The summed E-state index contributed by atoms with van der Waals surface area (Å²) in [5, 5.41) is 12.4. The number of carbonyl (C=O) groups excluding carboxylic acids is 2. The van der Waals surface area contributed by atoms with Crippen LogP contribution in [0.15, 0.2) is 48.5 Å². The molecule has 0 spiro atoms. The number of phenols is 1. The van der Waals surface area contributed by atoms with E-state index in [-0.39, 0.29) is 11.3 Å². The molecule has 0 unspecified atom stereocenters. The highest BCUT2D eigenvalue weighted by atomic mass is 16.5. The Morgan fingerprint density at radius 1 is 1.04 bits per heavy atom. The molecule has 2 aromatic carbocycles. The van der Waals surface area contributed by atoms with E-state index in [0.717, 1.165) is 18.8 Å². The van der Waals surface area contributed by atoms with Crippen LogP contribution >= 0.6 is 0 Å². The van der Waals surface area contributed by atoms with Gasteiger partial charge in [-0.05, 0) is 62.6 Å². The molecule has 1 heterocycles. The number of hydrogen-bond acceptors (Lipinski definition) is 5. The van der Waals surface area contributed by atoms with Crippen molar-refractivity contribution >= 4 is 23.3 Å². The van der Waals surface area contributed by atoms with E-state index in [1.807, 2.05) is 24.3 Å². The molecule has 6 heteroatoms. The first-order chi connectivity index (χ1) is 13.0. The summed E-state index contributed by atoms with van der Waals surface area (Å²) in [5.41, 5.74) is 1.82. The van der Waals surface area contributed by atoms with Gasteiger partial charge in [0, 0.05) is 24.5 Å². The van der Waals surface area contributed by atoms with E-state index in [1.54, 1.807) is 12.1 Å². The van der Waals surface area contributed by atoms with Crippen LogP contribution in [-0.2, 0) is 9.53 Å². The van der Waals surface area contributed by atoms with Gasteiger partial charge in [0.05, 0.1) is 0 Å². The molecule has 2 aromatic rings. The van der Waals surface area contributed by atoms with Gasteiger partial charge < -0.3 is 20.1 Å². The first kappa shape index (κ1) is 18.8. The Hall–Kier alpha value is -3.02. The molecule has 0 radical (unpaired) electrons. The van der Waals surface area contributed by atoms with Crippen molar-refractivity contribution in [2.75, 3.05) is 23.3 Å².